The third-order valence-corrected chi connectivity index (χ3v) is 8.25. The fourth-order valence-corrected chi connectivity index (χ4v) is 5.65. The lowest BCUT2D eigenvalue weighted by molar-refractivity contribution is -0.155. The molecule has 1 aromatic heterocycles. The largest absolute Gasteiger partial charge is 0.431 e. The quantitative estimate of drug-likeness (QED) is 0.476. The highest BCUT2D eigenvalue weighted by Gasteiger charge is 2.50. The van der Waals surface area contributed by atoms with Gasteiger partial charge < -0.3 is 19.7 Å². The molecule has 2 fully saturated rings. The molecule has 4 rings (SSSR count). The number of aromatic nitrogens is 1. The van der Waals surface area contributed by atoms with E-state index in [1.165, 1.54) is 6.26 Å². The highest BCUT2D eigenvalue weighted by molar-refractivity contribution is 6.30. The third kappa shape index (κ3) is 5.73. The maximum Gasteiger partial charge on any atom is 0.302 e. The van der Waals surface area contributed by atoms with Gasteiger partial charge in [0.1, 0.15) is 12.3 Å². The Hall–Kier alpha value is -2.91. The number of halogens is 1. The van der Waals surface area contributed by atoms with Crippen molar-refractivity contribution >= 4 is 35.3 Å². The third-order valence-electron chi connectivity index (χ3n) is 7.99. The molecule has 1 aromatic carbocycles. The smallest absolute Gasteiger partial charge is 0.302 e. The van der Waals surface area contributed by atoms with Crippen LogP contribution < -0.4 is 10.6 Å². The van der Waals surface area contributed by atoms with Crippen LogP contribution in [0.4, 0.5) is 6.01 Å². The van der Waals surface area contributed by atoms with Crippen molar-refractivity contribution in [3.05, 3.63) is 46.8 Å². The van der Waals surface area contributed by atoms with Gasteiger partial charge >= 0.3 is 6.01 Å². The van der Waals surface area contributed by atoms with Gasteiger partial charge in [-0.05, 0) is 42.9 Å². The maximum absolute atomic E-state index is 13.6. The summed E-state index contributed by atoms with van der Waals surface area (Å²) in [5, 5.41) is 17.7. The number of likely N-dealkylation sites (tertiary alicyclic amines) is 1. The number of aliphatic hydroxyl groups is 1. The standard InChI is InChI=1S/C28H37ClN4O5/c1-17(2)22(31-24(35)21-15-38-26(30-21)32-23(34)18-7-5-6-8-18)25(36)33-14-13-28(37,27(3,4)16-33)19-9-11-20(29)12-10-19/h9-12,15,17-18,22,37H,5-8,13-14,16H2,1-4H3,(H,31,35)(H,30,32,34). The number of oxazole rings is 1. The zero-order chi connectivity index (χ0) is 27.7. The van der Waals surface area contributed by atoms with Crippen molar-refractivity contribution in [2.75, 3.05) is 18.4 Å². The number of nitrogens with one attached hydrogen (secondary N) is 2. The molecule has 2 unspecified atom stereocenters. The molecule has 3 amide bonds. The van der Waals surface area contributed by atoms with Crippen molar-refractivity contribution in [2.45, 2.75) is 71.4 Å². The van der Waals surface area contributed by atoms with Crippen LogP contribution in [0.3, 0.4) is 0 Å². The van der Waals surface area contributed by atoms with E-state index >= 15 is 0 Å². The molecule has 1 aliphatic heterocycles. The second-order valence-electron chi connectivity index (χ2n) is 11.5. The molecule has 1 saturated heterocycles. The molecule has 1 aliphatic carbocycles. The Morgan fingerprint density at radius 2 is 1.82 bits per heavy atom. The summed E-state index contributed by atoms with van der Waals surface area (Å²) in [4.78, 5) is 44.7. The van der Waals surface area contributed by atoms with E-state index in [0.717, 1.165) is 31.2 Å². The summed E-state index contributed by atoms with van der Waals surface area (Å²) < 4.78 is 5.30. The Bertz CT molecular complexity index is 1170. The minimum Gasteiger partial charge on any atom is -0.431 e. The number of nitrogens with zero attached hydrogens (tertiary/aromatic N) is 2. The van der Waals surface area contributed by atoms with Crippen molar-refractivity contribution in [1.29, 1.82) is 0 Å². The Morgan fingerprint density at radius 1 is 1.16 bits per heavy atom. The monoisotopic (exact) mass is 544 g/mol. The lowest BCUT2D eigenvalue weighted by Crippen LogP contribution is -2.60. The molecule has 2 atom stereocenters. The molecule has 2 aromatic rings. The van der Waals surface area contributed by atoms with Gasteiger partial charge in [0.15, 0.2) is 5.69 Å². The Labute approximate surface area is 228 Å². The summed E-state index contributed by atoms with van der Waals surface area (Å²) in [7, 11) is 0. The van der Waals surface area contributed by atoms with Crippen LogP contribution in [0, 0.1) is 17.3 Å². The molecule has 2 heterocycles. The van der Waals surface area contributed by atoms with Crippen molar-refractivity contribution in [3.63, 3.8) is 0 Å². The molecule has 1 saturated carbocycles. The Kier molecular flexibility index (Phi) is 8.18. The minimum atomic E-state index is -1.13. The van der Waals surface area contributed by atoms with Gasteiger partial charge in [-0.2, -0.15) is 4.98 Å². The van der Waals surface area contributed by atoms with Crippen LogP contribution in [0.5, 0.6) is 0 Å². The van der Waals surface area contributed by atoms with Crippen LogP contribution in [0.25, 0.3) is 0 Å². The number of carbonyl (C=O) groups excluding carboxylic acids is 3. The van der Waals surface area contributed by atoms with Crippen LogP contribution >= 0.6 is 11.6 Å². The highest BCUT2D eigenvalue weighted by atomic mass is 35.5. The SMILES string of the molecule is CC(C)C(NC(=O)c1coc(NC(=O)C2CCCC2)n1)C(=O)N1CCC(O)(c2ccc(Cl)cc2)C(C)(C)C1. The summed E-state index contributed by atoms with van der Waals surface area (Å²) in [5.41, 5.74) is -1.04. The van der Waals surface area contributed by atoms with E-state index in [0.29, 0.717) is 24.5 Å². The van der Waals surface area contributed by atoms with Crippen LogP contribution in [-0.2, 0) is 15.2 Å². The number of hydrogen-bond acceptors (Lipinski definition) is 6. The van der Waals surface area contributed by atoms with Crippen LogP contribution in [-0.4, -0.2) is 51.8 Å². The Morgan fingerprint density at radius 3 is 2.42 bits per heavy atom. The van der Waals surface area contributed by atoms with Gasteiger partial charge in [-0.3, -0.25) is 19.7 Å². The molecule has 9 nitrogen and oxygen atoms in total. The highest BCUT2D eigenvalue weighted by Crippen LogP contribution is 2.46. The number of hydrogen-bond donors (Lipinski definition) is 3. The number of benzene rings is 1. The first kappa shape index (κ1) is 28.1. The minimum absolute atomic E-state index is 0.0127. The van der Waals surface area contributed by atoms with E-state index in [-0.39, 0.29) is 35.4 Å². The van der Waals surface area contributed by atoms with Gasteiger partial charge in [-0.15, -0.1) is 0 Å². The molecular weight excluding hydrogens is 508 g/mol. The van der Waals surface area contributed by atoms with E-state index in [1.54, 1.807) is 17.0 Å². The summed E-state index contributed by atoms with van der Waals surface area (Å²) in [6.45, 7) is 8.23. The van der Waals surface area contributed by atoms with E-state index in [4.69, 9.17) is 16.0 Å². The van der Waals surface area contributed by atoms with Gasteiger partial charge in [0.05, 0.1) is 5.60 Å². The van der Waals surface area contributed by atoms with Crippen molar-refractivity contribution in [1.82, 2.24) is 15.2 Å². The van der Waals surface area contributed by atoms with Crippen molar-refractivity contribution in [3.8, 4) is 0 Å². The van der Waals surface area contributed by atoms with Crippen LogP contribution in [0.1, 0.15) is 75.9 Å². The number of carbonyl (C=O) groups is 3. The predicted molar refractivity (Wildman–Crippen MR) is 144 cm³/mol. The zero-order valence-electron chi connectivity index (χ0n) is 22.4. The molecule has 0 radical (unpaired) electrons. The molecular formula is C28H37ClN4O5. The summed E-state index contributed by atoms with van der Waals surface area (Å²) in [5.74, 6) is -1.19. The number of anilines is 1. The number of amides is 3. The molecule has 0 bridgehead atoms. The van der Waals surface area contributed by atoms with E-state index in [1.807, 2.05) is 39.8 Å². The summed E-state index contributed by atoms with van der Waals surface area (Å²) in [6.07, 6.45) is 5.25. The average Bonchev–Trinajstić information content (AvgIpc) is 3.56. The lowest BCUT2D eigenvalue weighted by Gasteiger charge is -2.51. The maximum atomic E-state index is 13.6. The predicted octanol–water partition coefficient (Wildman–Crippen LogP) is 4.36. The second kappa shape index (κ2) is 11.1. The van der Waals surface area contributed by atoms with Crippen molar-refractivity contribution < 1.29 is 23.9 Å². The van der Waals surface area contributed by atoms with E-state index in [9.17, 15) is 19.5 Å². The fourth-order valence-electron chi connectivity index (χ4n) is 5.53. The van der Waals surface area contributed by atoms with Gasteiger partial charge in [0, 0.05) is 29.4 Å². The molecule has 3 N–H and O–H groups in total. The first-order chi connectivity index (χ1) is 17.9. The molecule has 2 aliphatic rings. The topological polar surface area (TPSA) is 125 Å². The van der Waals surface area contributed by atoms with Gasteiger partial charge in [0.25, 0.3) is 5.91 Å². The molecule has 206 valence electrons. The Balaban J connectivity index is 1.41. The second-order valence-corrected chi connectivity index (χ2v) is 11.9. The molecule has 0 spiro atoms. The zero-order valence-corrected chi connectivity index (χ0v) is 23.2. The molecule has 38 heavy (non-hydrogen) atoms. The summed E-state index contributed by atoms with van der Waals surface area (Å²) >= 11 is 6.03. The first-order valence-electron chi connectivity index (χ1n) is 13.3. The molecule has 10 heteroatoms. The summed E-state index contributed by atoms with van der Waals surface area (Å²) in [6, 6.07) is 6.32. The van der Waals surface area contributed by atoms with Gasteiger partial charge in [-0.25, -0.2) is 0 Å². The van der Waals surface area contributed by atoms with E-state index < -0.39 is 23.0 Å². The average molecular weight is 545 g/mol. The van der Waals surface area contributed by atoms with Crippen molar-refractivity contribution in [2.24, 2.45) is 17.3 Å². The lowest BCUT2D eigenvalue weighted by atomic mass is 9.66. The van der Waals surface area contributed by atoms with E-state index in [2.05, 4.69) is 15.6 Å². The van der Waals surface area contributed by atoms with Crippen LogP contribution in [0.2, 0.25) is 5.02 Å². The normalized spacial score (nSPS) is 22.3. The number of piperidine rings is 1. The van der Waals surface area contributed by atoms with Gasteiger partial charge in [0.2, 0.25) is 11.8 Å². The van der Waals surface area contributed by atoms with Crippen LogP contribution in [0.15, 0.2) is 34.9 Å². The van der Waals surface area contributed by atoms with Gasteiger partial charge in [-0.1, -0.05) is 64.3 Å². The fraction of sp³-hybridized carbons (Fsp3) is 0.571. The number of rotatable bonds is 7. The first-order valence-corrected chi connectivity index (χ1v) is 13.6.